The first kappa shape index (κ1) is 11.8. The predicted octanol–water partition coefficient (Wildman–Crippen LogP) is -0.133. The number of ether oxygens (including phenoxy) is 1. The van der Waals surface area contributed by atoms with Crippen LogP contribution in [0, 0.1) is 5.92 Å². The predicted molar refractivity (Wildman–Crippen MR) is 60.5 cm³/mol. The smallest absolute Gasteiger partial charge is 0.236 e. The van der Waals surface area contributed by atoms with Crippen LogP contribution in [0.4, 0.5) is 0 Å². The van der Waals surface area contributed by atoms with Crippen LogP contribution < -0.4 is 11.3 Å². The van der Waals surface area contributed by atoms with Crippen LogP contribution in [0.25, 0.3) is 0 Å². The second kappa shape index (κ2) is 5.61. The van der Waals surface area contributed by atoms with Gasteiger partial charge in [-0.15, -0.1) is 0 Å². The number of hydrogen-bond acceptors (Lipinski definition) is 4. The van der Waals surface area contributed by atoms with Gasteiger partial charge >= 0.3 is 0 Å². The molecule has 1 aliphatic heterocycles. The number of carbonyl (C=O) groups is 1. The lowest BCUT2D eigenvalue weighted by Gasteiger charge is -2.38. The van der Waals surface area contributed by atoms with Crippen LogP contribution >= 0.6 is 0 Å². The van der Waals surface area contributed by atoms with Gasteiger partial charge in [0.2, 0.25) is 5.91 Å². The van der Waals surface area contributed by atoms with Crippen molar-refractivity contribution in [2.24, 2.45) is 11.8 Å². The molecule has 2 fully saturated rings. The number of nitrogens with one attached hydrogen (secondary N) is 1. The molecule has 3 N–H and O–H groups in total. The molecule has 1 saturated carbocycles. The Morgan fingerprint density at radius 3 is 2.38 bits per heavy atom. The molecule has 2 aliphatic rings. The highest BCUT2D eigenvalue weighted by Gasteiger charge is 2.29. The Balaban J connectivity index is 1.78. The molecule has 1 aliphatic carbocycles. The van der Waals surface area contributed by atoms with Crippen molar-refractivity contribution in [2.45, 2.75) is 31.7 Å². The number of hydrogen-bond donors (Lipinski definition) is 2. The largest absolute Gasteiger partial charge is 0.379 e. The van der Waals surface area contributed by atoms with Crippen LogP contribution in [0.3, 0.4) is 0 Å². The summed E-state index contributed by atoms with van der Waals surface area (Å²) in [6, 6.07) is 0.644. The molecule has 0 radical (unpaired) electrons. The maximum Gasteiger partial charge on any atom is 0.236 e. The highest BCUT2D eigenvalue weighted by Crippen LogP contribution is 2.27. The molecule has 16 heavy (non-hydrogen) atoms. The van der Waals surface area contributed by atoms with E-state index in [1.807, 2.05) is 0 Å². The van der Waals surface area contributed by atoms with Gasteiger partial charge in [0, 0.05) is 25.0 Å². The summed E-state index contributed by atoms with van der Waals surface area (Å²) >= 11 is 0. The molecular weight excluding hydrogens is 206 g/mol. The molecule has 5 nitrogen and oxygen atoms in total. The molecule has 1 heterocycles. The van der Waals surface area contributed by atoms with Crippen molar-refractivity contribution in [1.82, 2.24) is 10.3 Å². The lowest BCUT2D eigenvalue weighted by molar-refractivity contribution is -0.126. The summed E-state index contributed by atoms with van der Waals surface area (Å²) in [5.74, 6) is 5.28. The SMILES string of the molecule is NNC(=O)C1CCC(N2CCOCC2)CC1. The fourth-order valence-electron chi connectivity index (χ4n) is 2.76. The van der Waals surface area contributed by atoms with E-state index in [2.05, 4.69) is 10.3 Å². The summed E-state index contributed by atoms with van der Waals surface area (Å²) in [4.78, 5) is 13.9. The monoisotopic (exact) mass is 227 g/mol. The number of rotatable bonds is 2. The van der Waals surface area contributed by atoms with E-state index in [1.54, 1.807) is 0 Å². The van der Waals surface area contributed by atoms with E-state index in [-0.39, 0.29) is 11.8 Å². The fourth-order valence-corrected chi connectivity index (χ4v) is 2.76. The van der Waals surface area contributed by atoms with Gasteiger partial charge in [-0.05, 0) is 25.7 Å². The standard InChI is InChI=1S/C11H21N3O2/c12-13-11(15)9-1-3-10(4-2-9)14-5-7-16-8-6-14/h9-10H,1-8,12H2,(H,13,15). The fraction of sp³-hybridized carbons (Fsp3) is 0.909. The molecule has 0 aromatic heterocycles. The van der Waals surface area contributed by atoms with E-state index >= 15 is 0 Å². The van der Waals surface area contributed by atoms with Crippen molar-refractivity contribution < 1.29 is 9.53 Å². The molecule has 0 atom stereocenters. The summed E-state index contributed by atoms with van der Waals surface area (Å²) < 4.78 is 5.34. The summed E-state index contributed by atoms with van der Waals surface area (Å²) in [7, 11) is 0. The average molecular weight is 227 g/mol. The quantitative estimate of drug-likeness (QED) is 0.392. The van der Waals surface area contributed by atoms with Gasteiger partial charge in [-0.2, -0.15) is 0 Å². The highest BCUT2D eigenvalue weighted by atomic mass is 16.5. The van der Waals surface area contributed by atoms with Gasteiger partial charge in [-0.3, -0.25) is 15.1 Å². The Bertz CT molecular complexity index is 233. The third-order valence-electron chi connectivity index (χ3n) is 3.77. The van der Waals surface area contributed by atoms with Gasteiger partial charge in [-0.1, -0.05) is 0 Å². The Kier molecular flexibility index (Phi) is 4.15. The van der Waals surface area contributed by atoms with Gasteiger partial charge in [-0.25, -0.2) is 5.84 Å². The van der Waals surface area contributed by atoms with E-state index in [1.165, 1.54) is 0 Å². The van der Waals surface area contributed by atoms with E-state index in [0.29, 0.717) is 6.04 Å². The minimum atomic E-state index is 0.000396. The average Bonchev–Trinajstić information content (AvgIpc) is 2.39. The van der Waals surface area contributed by atoms with Gasteiger partial charge in [0.1, 0.15) is 0 Å². The lowest BCUT2D eigenvalue weighted by atomic mass is 9.85. The first-order chi connectivity index (χ1) is 7.81. The first-order valence-corrected chi connectivity index (χ1v) is 6.13. The molecule has 1 saturated heterocycles. The maximum atomic E-state index is 11.4. The van der Waals surface area contributed by atoms with Crippen molar-refractivity contribution in [3.63, 3.8) is 0 Å². The van der Waals surface area contributed by atoms with Gasteiger partial charge in [0.15, 0.2) is 0 Å². The number of nitrogens with zero attached hydrogens (tertiary/aromatic N) is 1. The van der Waals surface area contributed by atoms with Crippen LogP contribution in [-0.4, -0.2) is 43.2 Å². The molecule has 0 unspecified atom stereocenters. The van der Waals surface area contributed by atoms with Crippen molar-refractivity contribution >= 4 is 5.91 Å². The zero-order chi connectivity index (χ0) is 11.4. The Hall–Kier alpha value is -0.650. The Morgan fingerprint density at radius 2 is 1.81 bits per heavy atom. The summed E-state index contributed by atoms with van der Waals surface area (Å²) in [5, 5.41) is 0. The van der Waals surface area contributed by atoms with Gasteiger partial charge < -0.3 is 4.74 Å². The number of morpholine rings is 1. The maximum absolute atomic E-state index is 11.4. The number of carbonyl (C=O) groups excluding carboxylic acids is 1. The molecule has 1 amide bonds. The van der Waals surface area contributed by atoms with Crippen LogP contribution in [0.2, 0.25) is 0 Å². The molecule has 0 spiro atoms. The van der Waals surface area contributed by atoms with Crippen molar-refractivity contribution in [3.8, 4) is 0 Å². The van der Waals surface area contributed by atoms with E-state index in [4.69, 9.17) is 10.6 Å². The molecule has 0 bridgehead atoms. The topological polar surface area (TPSA) is 67.6 Å². The second-order valence-electron chi connectivity index (χ2n) is 4.66. The Labute approximate surface area is 96.3 Å². The third kappa shape index (κ3) is 2.72. The van der Waals surface area contributed by atoms with Crippen molar-refractivity contribution in [3.05, 3.63) is 0 Å². The van der Waals surface area contributed by atoms with Crippen molar-refractivity contribution in [1.29, 1.82) is 0 Å². The zero-order valence-electron chi connectivity index (χ0n) is 9.65. The normalized spacial score (nSPS) is 32.3. The van der Waals surface area contributed by atoms with Crippen LogP contribution in [0.1, 0.15) is 25.7 Å². The lowest BCUT2D eigenvalue weighted by Crippen LogP contribution is -2.46. The molecule has 2 rings (SSSR count). The summed E-state index contributed by atoms with van der Waals surface area (Å²) in [6.45, 7) is 3.78. The number of amides is 1. The molecule has 92 valence electrons. The minimum Gasteiger partial charge on any atom is -0.379 e. The van der Waals surface area contributed by atoms with Gasteiger partial charge in [0.25, 0.3) is 0 Å². The second-order valence-corrected chi connectivity index (χ2v) is 4.66. The number of nitrogens with two attached hydrogens (primary N) is 1. The highest BCUT2D eigenvalue weighted by molar-refractivity contribution is 5.78. The van der Waals surface area contributed by atoms with Crippen molar-refractivity contribution in [2.75, 3.05) is 26.3 Å². The Morgan fingerprint density at radius 1 is 1.19 bits per heavy atom. The number of hydrazine groups is 1. The van der Waals surface area contributed by atoms with E-state index < -0.39 is 0 Å². The summed E-state index contributed by atoms with van der Waals surface area (Å²) in [5.41, 5.74) is 2.26. The molecule has 0 aromatic rings. The van der Waals surface area contributed by atoms with Crippen LogP contribution in [0.5, 0.6) is 0 Å². The zero-order valence-corrected chi connectivity index (χ0v) is 9.65. The van der Waals surface area contributed by atoms with Crippen LogP contribution in [-0.2, 0) is 9.53 Å². The third-order valence-corrected chi connectivity index (χ3v) is 3.77. The van der Waals surface area contributed by atoms with E-state index in [0.717, 1.165) is 52.0 Å². The molecule has 5 heteroatoms. The first-order valence-electron chi connectivity index (χ1n) is 6.13. The molecule has 0 aromatic carbocycles. The van der Waals surface area contributed by atoms with E-state index in [9.17, 15) is 4.79 Å². The van der Waals surface area contributed by atoms with Gasteiger partial charge in [0.05, 0.1) is 13.2 Å². The molecular formula is C11H21N3O2. The summed E-state index contributed by atoms with van der Waals surface area (Å²) in [6.07, 6.45) is 4.15. The van der Waals surface area contributed by atoms with Crippen LogP contribution in [0.15, 0.2) is 0 Å². The minimum absolute atomic E-state index is 0.000396.